The Labute approximate surface area is 124 Å². The third-order valence-corrected chi connectivity index (χ3v) is 4.30. The van der Waals surface area contributed by atoms with Crippen molar-refractivity contribution in [2.24, 2.45) is 0 Å². The molecule has 2 unspecified atom stereocenters. The van der Waals surface area contributed by atoms with Gasteiger partial charge in [0.2, 0.25) is 0 Å². The van der Waals surface area contributed by atoms with Gasteiger partial charge in [0.1, 0.15) is 0 Å². The number of likely N-dealkylation sites (N-methyl/N-ethyl adjacent to an activating group) is 1. The number of nitrogens with zero attached hydrogens (tertiary/aromatic N) is 1. The molecular formula is C16H23F3N2. The number of benzene rings is 1. The van der Waals surface area contributed by atoms with Crippen molar-refractivity contribution in [3.8, 4) is 0 Å². The molecule has 1 aliphatic rings. The Balaban J connectivity index is 1.95. The molecule has 0 amide bonds. The van der Waals surface area contributed by atoms with Gasteiger partial charge in [-0.3, -0.25) is 0 Å². The minimum absolute atomic E-state index is 0.0809. The van der Waals surface area contributed by atoms with Gasteiger partial charge in [0.15, 0.2) is 0 Å². The Morgan fingerprint density at radius 2 is 2.10 bits per heavy atom. The molecule has 0 aromatic heterocycles. The first-order valence-corrected chi connectivity index (χ1v) is 7.48. The molecule has 1 aromatic carbocycles. The third-order valence-electron chi connectivity index (χ3n) is 4.30. The van der Waals surface area contributed by atoms with E-state index in [-0.39, 0.29) is 6.04 Å². The van der Waals surface area contributed by atoms with Crippen LogP contribution in [0.3, 0.4) is 0 Å². The fourth-order valence-corrected chi connectivity index (χ4v) is 2.82. The molecular weight excluding hydrogens is 277 g/mol. The van der Waals surface area contributed by atoms with Crippen molar-refractivity contribution >= 4 is 0 Å². The Morgan fingerprint density at radius 1 is 1.33 bits per heavy atom. The van der Waals surface area contributed by atoms with Crippen LogP contribution in [0.2, 0.25) is 0 Å². The van der Waals surface area contributed by atoms with Gasteiger partial charge >= 0.3 is 6.18 Å². The van der Waals surface area contributed by atoms with Crippen LogP contribution >= 0.6 is 0 Å². The third kappa shape index (κ3) is 4.45. The second-order valence-corrected chi connectivity index (χ2v) is 5.88. The first kappa shape index (κ1) is 16.3. The van der Waals surface area contributed by atoms with Crippen LogP contribution in [0.4, 0.5) is 13.2 Å². The van der Waals surface area contributed by atoms with Crippen LogP contribution < -0.4 is 5.32 Å². The van der Waals surface area contributed by atoms with Gasteiger partial charge in [-0.1, -0.05) is 18.6 Å². The van der Waals surface area contributed by atoms with Crippen molar-refractivity contribution < 1.29 is 13.2 Å². The molecule has 1 aromatic rings. The monoisotopic (exact) mass is 300 g/mol. The van der Waals surface area contributed by atoms with Crippen molar-refractivity contribution in [1.29, 1.82) is 0 Å². The summed E-state index contributed by atoms with van der Waals surface area (Å²) in [6, 6.07) is 5.98. The predicted octanol–water partition coefficient (Wildman–Crippen LogP) is 3.84. The quantitative estimate of drug-likeness (QED) is 0.909. The maximum absolute atomic E-state index is 12.7. The molecule has 1 fully saturated rings. The van der Waals surface area contributed by atoms with Crippen LogP contribution in [0.25, 0.3) is 0 Å². The van der Waals surface area contributed by atoms with Crippen LogP contribution in [-0.2, 0) is 6.18 Å². The van der Waals surface area contributed by atoms with E-state index in [9.17, 15) is 13.2 Å². The first-order chi connectivity index (χ1) is 9.88. The molecule has 1 saturated heterocycles. The second-order valence-electron chi connectivity index (χ2n) is 5.88. The minimum Gasteiger partial charge on any atom is -0.309 e. The van der Waals surface area contributed by atoms with Gasteiger partial charge in [0.25, 0.3) is 0 Å². The molecule has 0 spiro atoms. The molecule has 2 nitrogen and oxygen atoms in total. The highest BCUT2D eigenvalue weighted by Crippen LogP contribution is 2.30. The number of rotatable bonds is 4. The highest BCUT2D eigenvalue weighted by atomic mass is 19.4. The van der Waals surface area contributed by atoms with E-state index >= 15 is 0 Å². The number of alkyl halides is 3. The SMILES string of the molecule is CC(NCC1CCCCN1C)c1cccc(C(F)(F)F)c1. The lowest BCUT2D eigenvalue weighted by Crippen LogP contribution is -2.43. The molecule has 0 bridgehead atoms. The van der Waals surface area contributed by atoms with Crippen LogP contribution in [-0.4, -0.2) is 31.1 Å². The number of nitrogens with one attached hydrogen (secondary N) is 1. The average molecular weight is 300 g/mol. The Hall–Kier alpha value is -1.07. The number of halogens is 3. The normalized spacial score (nSPS) is 22.2. The van der Waals surface area contributed by atoms with Gasteiger partial charge in [-0.2, -0.15) is 13.2 Å². The van der Waals surface area contributed by atoms with Gasteiger partial charge in [0.05, 0.1) is 5.56 Å². The number of hydrogen-bond acceptors (Lipinski definition) is 2. The Bertz CT molecular complexity index is 459. The first-order valence-electron chi connectivity index (χ1n) is 7.48. The zero-order valence-electron chi connectivity index (χ0n) is 12.6. The number of piperidine rings is 1. The summed E-state index contributed by atoms with van der Waals surface area (Å²) in [6.45, 7) is 3.83. The largest absolute Gasteiger partial charge is 0.416 e. The molecule has 5 heteroatoms. The summed E-state index contributed by atoms with van der Waals surface area (Å²) in [6.07, 6.45) is -0.664. The predicted molar refractivity (Wildman–Crippen MR) is 78.1 cm³/mol. The molecule has 1 heterocycles. The summed E-state index contributed by atoms with van der Waals surface area (Å²) in [5, 5.41) is 3.37. The van der Waals surface area contributed by atoms with Crippen LogP contribution in [0.1, 0.15) is 43.4 Å². The zero-order valence-corrected chi connectivity index (χ0v) is 12.6. The summed E-state index contributed by atoms with van der Waals surface area (Å²) < 4.78 is 38.2. The fraction of sp³-hybridized carbons (Fsp3) is 0.625. The van der Waals surface area contributed by atoms with Crippen LogP contribution in [0.15, 0.2) is 24.3 Å². The van der Waals surface area contributed by atoms with Crippen molar-refractivity contribution in [2.75, 3.05) is 20.1 Å². The molecule has 0 saturated carbocycles. The summed E-state index contributed by atoms with van der Waals surface area (Å²) in [7, 11) is 2.11. The molecule has 21 heavy (non-hydrogen) atoms. The van der Waals surface area contributed by atoms with E-state index in [1.54, 1.807) is 6.07 Å². The van der Waals surface area contributed by atoms with Crippen molar-refractivity contribution in [3.63, 3.8) is 0 Å². The second kappa shape index (κ2) is 6.79. The molecule has 0 radical (unpaired) electrons. The van der Waals surface area contributed by atoms with Gasteiger partial charge in [0, 0.05) is 18.6 Å². The lowest BCUT2D eigenvalue weighted by Gasteiger charge is -2.33. The lowest BCUT2D eigenvalue weighted by atomic mass is 10.0. The van der Waals surface area contributed by atoms with Crippen molar-refractivity contribution in [1.82, 2.24) is 10.2 Å². The van der Waals surface area contributed by atoms with E-state index in [0.29, 0.717) is 11.6 Å². The summed E-state index contributed by atoms with van der Waals surface area (Å²) >= 11 is 0. The summed E-state index contributed by atoms with van der Waals surface area (Å²) in [4.78, 5) is 2.33. The van der Waals surface area contributed by atoms with E-state index in [4.69, 9.17) is 0 Å². The highest BCUT2D eigenvalue weighted by molar-refractivity contribution is 5.27. The number of hydrogen-bond donors (Lipinski definition) is 1. The van der Waals surface area contributed by atoms with Crippen LogP contribution in [0.5, 0.6) is 0 Å². The average Bonchev–Trinajstić information content (AvgIpc) is 2.45. The molecule has 2 rings (SSSR count). The summed E-state index contributed by atoms with van der Waals surface area (Å²) in [5.74, 6) is 0. The van der Waals surface area contributed by atoms with Gasteiger partial charge in [-0.15, -0.1) is 0 Å². The smallest absolute Gasteiger partial charge is 0.309 e. The highest BCUT2D eigenvalue weighted by Gasteiger charge is 2.30. The Kier molecular flexibility index (Phi) is 5.27. The van der Waals surface area contributed by atoms with Crippen LogP contribution in [0, 0.1) is 0 Å². The van der Waals surface area contributed by atoms with Crippen molar-refractivity contribution in [3.05, 3.63) is 35.4 Å². The fourth-order valence-electron chi connectivity index (χ4n) is 2.82. The van der Waals surface area contributed by atoms with E-state index in [2.05, 4.69) is 17.3 Å². The molecule has 2 atom stereocenters. The topological polar surface area (TPSA) is 15.3 Å². The van der Waals surface area contributed by atoms with Gasteiger partial charge < -0.3 is 10.2 Å². The molecule has 0 aliphatic carbocycles. The Morgan fingerprint density at radius 3 is 2.76 bits per heavy atom. The lowest BCUT2D eigenvalue weighted by molar-refractivity contribution is -0.137. The van der Waals surface area contributed by atoms with E-state index in [0.717, 1.165) is 25.6 Å². The van der Waals surface area contributed by atoms with Gasteiger partial charge in [-0.05, 0) is 51.1 Å². The molecule has 1 aliphatic heterocycles. The van der Waals surface area contributed by atoms with E-state index < -0.39 is 11.7 Å². The summed E-state index contributed by atoms with van der Waals surface area (Å²) in [5.41, 5.74) is 0.103. The maximum atomic E-state index is 12.7. The minimum atomic E-state index is -4.28. The standard InChI is InChI=1S/C16H23F3N2/c1-12(20-11-15-8-3-4-9-21(15)2)13-6-5-7-14(10-13)16(17,18)19/h5-7,10,12,15,20H,3-4,8-9,11H2,1-2H3. The zero-order chi connectivity index (χ0) is 15.5. The maximum Gasteiger partial charge on any atom is 0.416 e. The molecule has 118 valence electrons. The van der Waals surface area contributed by atoms with E-state index in [1.807, 2.05) is 6.92 Å². The van der Waals surface area contributed by atoms with E-state index in [1.165, 1.54) is 25.0 Å². The van der Waals surface area contributed by atoms with Gasteiger partial charge in [-0.25, -0.2) is 0 Å². The number of likely N-dealkylation sites (tertiary alicyclic amines) is 1. The van der Waals surface area contributed by atoms with Crippen molar-refractivity contribution in [2.45, 2.75) is 44.4 Å². The molecule has 1 N–H and O–H groups in total.